The Labute approximate surface area is 395 Å². The molecule has 6 rings (SSSR count). The highest BCUT2D eigenvalue weighted by molar-refractivity contribution is 7.47. The number of ether oxygens (including phenoxy) is 5. The molecule has 2 aliphatic rings. The number of benzene rings is 1. The number of phosphoric ester groups is 2. The van der Waals surface area contributed by atoms with Gasteiger partial charge in [0, 0.05) is 29.8 Å². The SMILES string of the molecule is CC(C)(C)OC(=O)NC(CCCNC(=O)OCc1ccccc1N=[N+]=[N-])C(=O)O[C@H]1[C@@H](O)[C@H](n2cnc3c(N)ncnc32)O[C@@H]1COP(=O)(O)O[C@H]1C[C@H](n2ccc(N)nc2=O)O[C@H]1COP(=O)(O)O. The Balaban J connectivity index is 1.18. The maximum atomic E-state index is 14.1. The zero-order chi connectivity index (χ0) is 51.0. The van der Waals surface area contributed by atoms with Crippen LogP contribution in [0.3, 0.4) is 0 Å². The van der Waals surface area contributed by atoms with Gasteiger partial charge in [0.1, 0.15) is 66.6 Å². The van der Waals surface area contributed by atoms with Crippen molar-refractivity contribution in [3.8, 4) is 0 Å². The van der Waals surface area contributed by atoms with Gasteiger partial charge in [-0.25, -0.2) is 43.3 Å². The molecular formula is C37H49N13O18P2. The number of amides is 2. The van der Waals surface area contributed by atoms with Gasteiger partial charge in [0.25, 0.3) is 0 Å². The summed E-state index contributed by atoms with van der Waals surface area (Å²) in [6.07, 6.45) is -9.95. The van der Waals surface area contributed by atoms with Crippen molar-refractivity contribution in [3.63, 3.8) is 0 Å². The van der Waals surface area contributed by atoms with Gasteiger partial charge in [-0.2, -0.15) is 4.98 Å². The van der Waals surface area contributed by atoms with E-state index < -0.39 is 107 Å². The second-order valence-electron chi connectivity index (χ2n) is 16.3. The van der Waals surface area contributed by atoms with E-state index in [1.165, 1.54) is 29.2 Å². The Kier molecular flexibility index (Phi) is 17.1. The first-order chi connectivity index (χ1) is 33.0. The minimum Gasteiger partial charge on any atom is -0.455 e. The fourth-order valence-corrected chi connectivity index (χ4v) is 8.29. The molecule has 2 aliphatic heterocycles. The molecule has 2 saturated heterocycles. The van der Waals surface area contributed by atoms with Crippen molar-refractivity contribution in [1.29, 1.82) is 0 Å². The minimum atomic E-state index is -5.30. The number of hydrogen-bond donors (Lipinski definition) is 8. The van der Waals surface area contributed by atoms with E-state index in [0.717, 1.165) is 10.9 Å². The molecule has 5 heterocycles. The quantitative estimate of drug-likeness (QED) is 0.0119. The molecule has 380 valence electrons. The lowest BCUT2D eigenvalue weighted by atomic mass is 10.1. The smallest absolute Gasteiger partial charge is 0.455 e. The fraction of sp³-hybridized carbons (Fsp3) is 0.514. The van der Waals surface area contributed by atoms with Crippen molar-refractivity contribution >= 4 is 62.3 Å². The number of aromatic nitrogens is 6. The van der Waals surface area contributed by atoms with Gasteiger partial charge in [-0.15, -0.1) is 0 Å². The number of rotatable bonds is 20. The van der Waals surface area contributed by atoms with Crippen LogP contribution in [0, 0.1) is 0 Å². The van der Waals surface area contributed by atoms with Gasteiger partial charge in [0.2, 0.25) is 0 Å². The first-order valence-corrected chi connectivity index (χ1v) is 23.9. The monoisotopic (exact) mass is 1030 g/mol. The molecule has 33 heteroatoms. The van der Waals surface area contributed by atoms with Gasteiger partial charge in [0.15, 0.2) is 23.8 Å². The summed E-state index contributed by atoms with van der Waals surface area (Å²) in [5, 5.41) is 20.2. The number of nitrogen functional groups attached to an aromatic ring is 2. The van der Waals surface area contributed by atoms with Crippen LogP contribution < -0.4 is 27.8 Å². The van der Waals surface area contributed by atoms with Crippen LogP contribution in [0.2, 0.25) is 0 Å². The summed E-state index contributed by atoms with van der Waals surface area (Å²) in [6.45, 7) is 2.54. The molecule has 10 N–H and O–H groups in total. The summed E-state index contributed by atoms with van der Waals surface area (Å²) >= 11 is 0. The van der Waals surface area contributed by atoms with E-state index in [-0.39, 0.29) is 60.9 Å². The lowest BCUT2D eigenvalue weighted by Crippen LogP contribution is -2.48. The maximum absolute atomic E-state index is 14.1. The number of azide groups is 1. The molecule has 2 fully saturated rings. The van der Waals surface area contributed by atoms with E-state index in [1.807, 2.05) is 0 Å². The normalized spacial score (nSPS) is 22.6. The number of esters is 1. The van der Waals surface area contributed by atoms with E-state index in [4.69, 9.17) is 49.7 Å². The molecule has 3 aromatic heterocycles. The molecule has 0 spiro atoms. The Hall–Kier alpha value is -6.33. The molecule has 0 bridgehead atoms. The number of anilines is 2. The first kappa shape index (κ1) is 53.0. The lowest BCUT2D eigenvalue weighted by Gasteiger charge is -2.26. The fourth-order valence-electron chi connectivity index (χ4n) is 6.99. The molecule has 70 heavy (non-hydrogen) atoms. The Morgan fingerprint density at radius 2 is 1.77 bits per heavy atom. The second kappa shape index (κ2) is 22.6. The van der Waals surface area contributed by atoms with Crippen LogP contribution in [0.25, 0.3) is 21.6 Å². The number of aliphatic hydroxyl groups excluding tert-OH is 1. The highest BCUT2D eigenvalue weighted by Gasteiger charge is 2.50. The van der Waals surface area contributed by atoms with Crippen molar-refractivity contribution < 1.29 is 80.6 Å². The van der Waals surface area contributed by atoms with Crippen molar-refractivity contribution in [3.05, 3.63) is 75.7 Å². The number of hydrogen-bond acceptors (Lipinski definition) is 22. The van der Waals surface area contributed by atoms with Gasteiger partial charge >= 0.3 is 39.5 Å². The summed E-state index contributed by atoms with van der Waals surface area (Å²) in [7, 11) is -10.4. The molecule has 1 aromatic carbocycles. The molecule has 0 saturated carbocycles. The predicted octanol–water partition coefficient (Wildman–Crippen LogP) is 1.86. The second-order valence-corrected chi connectivity index (χ2v) is 18.9. The van der Waals surface area contributed by atoms with E-state index in [0.29, 0.717) is 5.56 Å². The third-order valence-electron chi connectivity index (χ3n) is 10.1. The van der Waals surface area contributed by atoms with Gasteiger partial charge in [-0.3, -0.25) is 22.7 Å². The van der Waals surface area contributed by atoms with Crippen molar-refractivity contribution in [2.24, 2.45) is 5.11 Å². The van der Waals surface area contributed by atoms with Crippen LogP contribution >= 0.6 is 15.6 Å². The largest absolute Gasteiger partial charge is 0.472 e. The summed E-state index contributed by atoms with van der Waals surface area (Å²) in [5.41, 5.74) is 19.3. The zero-order valence-electron chi connectivity index (χ0n) is 37.3. The van der Waals surface area contributed by atoms with E-state index in [2.05, 4.69) is 45.1 Å². The number of nitrogens with two attached hydrogens (primary N) is 2. The van der Waals surface area contributed by atoms with Crippen LogP contribution in [0.4, 0.5) is 26.9 Å². The summed E-state index contributed by atoms with van der Waals surface area (Å²) in [5.74, 6) is -1.33. The van der Waals surface area contributed by atoms with E-state index in [1.54, 1.807) is 39.0 Å². The number of nitrogens with one attached hydrogen (secondary N) is 2. The number of carbonyl (C=O) groups excluding carboxylic acids is 3. The topological polar surface area (TPSA) is 443 Å². The Morgan fingerprint density at radius 1 is 1.03 bits per heavy atom. The number of aliphatic hydroxyl groups is 1. The molecule has 2 unspecified atom stereocenters. The third-order valence-corrected chi connectivity index (χ3v) is 11.6. The van der Waals surface area contributed by atoms with E-state index in [9.17, 15) is 48.1 Å². The highest BCUT2D eigenvalue weighted by atomic mass is 31.2. The van der Waals surface area contributed by atoms with Gasteiger partial charge < -0.3 is 65.6 Å². The highest BCUT2D eigenvalue weighted by Crippen LogP contribution is 2.50. The number of nitrogens with zero attached hydrogens (tertiary/aromatic N) is 9. The minimum absolute atomic E-state index is 0.0153. The Bertz CT molecular complexity index is 2730. The first-order valence-electron chi connectivity index (χ1n) is 20.9. The number of alkyl carbamates (subject to hydrolysis) is 2. The van der Waals surface area contributed by atoms with Crippen LogP contribution in [0.5, 0.6) is 0 Å². The van der Waals surface area contributed by atoms with Crippen LogP contribution in [0.1, 0.15) is 58.1 Å². The van der Waals surface area contributed by atoms with Gasteiger partial charge in [-0.1, -0.05) is 29.4 Å². The maximum Gasteiger partial charge on any atom is 0.472 e. The predicted molar refractivity (Wildman–Crippen MR) is 235 cm³/mol. The third kappa shape index (κ3) is 14.4. The molecule has 0 radical (unpaired) electrons. The number of carbonyl (C=O) groups is 3. The van der Waals surface area contributed by atoms with Crippen LogP contribution in [-0.2, 0) is 57.8 Å². The van der Waals surface area contributed by atoms with Crippen LogP contribution in [0.15, 0.2) is 59.1 Å². The zero-order valence-corrected chi connectivity index (χ0v) is 39.1. The summed E-state index contributed by atoms with van der Waals surface area (Å²) in [4.78, 5) is 100. The molecule has 31 nitrogen and oxygen atoms in total. The van der Waals surface area contributed by atoms with Crippen molar-refractivity contribution in [2.75, 3.05) is 31.2 Å². The van der Waals surface area contributed by atoms with Crippen LogP contribution in [-0.4, -0.2) is 129 Å². The summed E-state index contributed by atoms with van der Waals surface area (Å²) < 4.78 is 70.8. The van der Waals surface area contributed by atoms with Gasteiger partial charge in [-0.05, 0) is 50.8 Å². The number of phosphoric acid groups is 2. The molecule has 4 aromatic rings. The number of fused-ring (bicyclic) bond motifs is 1. The number of imidazole rings is 1. The average Bonchev–Trinajstić information content (AvgIpc) is 3.97. The standard InChI is InChI=1S/C37H49N13O18P2/c1-37(2,3)67-36(55)45-21(9-6-11-41-35(54)61-14-19-7-4-5-8-20(19)47-48-40)33(52)66-29-24(65-32(28(29)51)50-18-44-27-30(39)42-17-43-31(27)50)16-63-70(59,60)68-22-13-26(49-12-10-25(38)46-34(49)53)64-23(22)15-62-69(56,57)58/h4-5,7-8,10,12,17-18,21-24,26,28-29,32,51H,6,9,11,13-16H2,1-3H3,(H,41,54)(H,45,55)(H,59,60)(H2,38,46,53)(H2,39,42,43)(H2,56,57,58)/t21?,22-,23-,24+,26+,28+,29+,32+/m0/s1. The Morgan fingerprint density at radius 3 is 2.49 bits per heavy atom. The molecule has 0 aliphatic carbocycles. The molecule has 2 amide bonds. The summed E-state index contributed by atoms with van der Waals surface area (Å²) in [6, 6.07) is 6.16. The van der Waals surface area contributed by atoms with Crippen molar-refractivity contribution in [2.45, 2.75) is 101 Å². The average molecular weight is 1030 g/mol. The lowest BCUT2D eigenvalue weighted by molar-refractivity contribution is -0.159. The van der Waals surface area contributed by atoms with Gasteiger partial charge in [0.05, 0.1) is 19.5 Å². The molecule has 9 atom stereocenters. The van der Waals surface area contributed by atoms with E-state index >= 15 is 0 Å². The van der Waals surface area contributed by atoms with Crippen molar-refractivity contribution in [1.82, 2.24) is 39.7 Å². The molecular weight excluding hydrogens is 976 g/mol.